The van der Waals surface area contributed by atoms with Crippen LogP contribution >= 0.6 is 0 Å². The highest BCUT2D eigenvalue weighted by Gasteiger charge is 2.14. The third kappa shape index (κ3) is 8.19. The second-order valence-electron chi connectivity index (χ2n) is 6.35. The first kappa shape index (κ1) is 22.4. The Bertz CT molecular complexity index is 631. The van der Waals surface area contributed by atoms with Gasteiger partial charge in [-0.15, -0.1) is 0 Å². The van der Waals surface area contributed by atoms with Crippen molar-refractivity contribution >= 4 is 15.8 Å². The lowest BCUT2D eigenvalue weighted by molar-refractivity contribution is 0.0266. The maximum absolute atomic E-state index is 12.3. The Morgan fingerprint density at radius 2 is 1.85 bits per heavy atom. The van der Waals surface area contributed by atoms with Crippen LogP contribution in [0.5, 0.6) is 0 Å². The maximum atomic E-state index is 12.3. The summed E-state index contributed by atoms with van der Waals surface area (Å²) in [5.41, 5.74) is 0. The Balaban J connectivity index is 2.54. The van der Waals surface area contributed by atoms with Crippen molar-refractivity contribution in [2.45, 2.75) is 45.1 Å². The molecule has 2 N–H and O–H groups in total. The summed E-state index contributed by atoms with van der Waals surface area (Å²) in [6.45, 7) is 10.6. The fourth-order valence-electron chi connectivity index (χ4n) is 2.52. The molecule has 1 rings (SSSR count). The van der Waals surface area contributed by atoms with Gasteiger partial charge in [-0.2, -0.15) is 0 Å². The number of ether oxygens (including phenoxy) is 1. The summed E-state index contributed by atoms with van der Waals surface area (Å²) >= 11 is 0. The minimum atomic E-state index is -3.29. The van der Waals surface area contributed by atoms with Crippen molar-refractivity contribution in [3.8, 4) is 0 Å². The third-order valence-electron chi connectivity index (χ3n) is 3.92. The van der Waals surface area contributed by atoms with Crippen molar-refractivity contribution in [3.63, 3.8) is 0 Å². The summed E-state index contributed by atoms with van der Waals surface area (Å²) < 4.78 is 30.3. The first-order chi connectivity index (χ1) is 12.4. The van der Waals surface area contributed by atoms with Crippen molar-refractivity contribution in [1.29, 1.82) is 0 Å². The lowest BCUT2D eigenvalue weighted by Crippen LogP contribution is -2.39. The highest BCUT2D eigenvalue weighted by Crippen LogP contribution is 2.11. The van der Waals surface area contributed by atoms with Gasteiger partial charge in [0.25, 0.3) is 0 Å². The molecule has 1 aromatic rings. The van der Waals surface area contributed by atoms with E-state index in [2.05, 4.69) is 29.5 Å². The number of sulfone groups is 1. The Kier molecular flexibility index (Phi) is 10.3. The molecule has 0 spiro atoms. The Morgan fingerprint density at radius 1 is 1.15 bits per heavy atom. The second-order valence-corrected chi connectivity index (χ2v) is 8.45. The van der Waals surface area contributed by atoms with E-state index in [1.54, 1.807) is 30.3 Å². The molecule has 6 nitrogen and oxygen atoms in total. The average molecular weight is 384 g/mol. The van der Waals surface area contributed by atoms with Gasteiger partial charge in [0.2, 0.25) is 0 Å². The number of benzene rings is 1. The number of nitrogens with one attached hydrogen (secondary N) is 2. The smallest absolute Gasteiger partial charge is 0.191 e. The van der Waals surface area contributed by atoms with E-state index in [0.717, 1.165) is 13.0 Å². The monoisotopic (exact) mass is 383 g/mol. The van der Waals surface area contributed by atoms with Crippen molar-refractivity contribution in [3.05, 3.63) is 30.3 Å². The van der Waals surface area contributed by atoms with Crippen molar-refractivity contribution in [2.24, 2.45) is 10.9 Å². The molecular weight excluding hydrogens is 350 g/mol. The summed E-state index contributed by atoms with van der Waals surface area (Å²) in [7, 11) is -3.29. The van der Waals surface area contributed by atoms with Gasteiger partial charge < -0.3 is 15.4 Å². The first-order valence-corrected chi connectivity index (χ1v) is 11.0. The van der Waals surface area contributed by atoms with E-state index in [0.29, 0.717) is 36.5 Å². The molecule has 1 aromatic carbocycles. The predicted molar refractivity (Wildman–Crippen MR) is 107 cm³/mol. The molecule has 0 aromatic heterocycles. The van der Waals surface area contributed by atoms with Gasteiger partial charge in [-0.05, 0) is 38.3 Å². The van der Waals surface area contributed by atoms with Crippen LogP contribution in [0.3, 0.4) is 0 Å². The number of aliphatic imine (C=N–C) groups is 1. The Labute approximate surface area is 158 Å². The number of nitrogens with zero attached hydrogens (tertiary/aromatic N) is 1. The Morgan fingerprint density at radius 3 is 2.42 bits per heavy atom. The van der Waals surface area contributed by atoms with E-state index in [1.165, 1.54) is 0 Å². The molecule has 26 heavy (non-hydrogen) atoms. The van der Waals surface area contributed by atoms with Crippen molar-refractivity contribution in [1.82, 2.24) is 10.6 Å². The second kappa shape index (κ2) is 11.9. The van der Waals surface area contributed by atoms with E-state index in [4.69, 9.17) is 4.74 Å². The molecule has 0 bridgehead atoms. The molecule has 1 unspecified atom stereocenters. The summed E-state index contributed by atoms with van der Waals surface area (Å²) in [4.78, 5) is 4.88. The van der Waals surface area contributed by atoms with Crippen LogP contribution in [0.4, 0.5) is 0 Å². The molecule has 148 valence electrons. The first-order valence-electron chi connectivity index (χ1n) is 9.32. The largest absolute Gasteiger partial charge is 0.378 e. The third-order valence-corrected chi connectivity index (χ3v) is 5.65. The van der Waals surface area contributed by atoms with E-state index in [1.807, 2.05) is 13.8 Å². The van der Waals surface area contributed by atoms with Crippen LogP contribution in [-0.4, -0.2) is 52.5 Å². The highest BCUT2D eigenvalue weighted by molar-refractivity contribution is 7.91. The summed E-state index contributed by atoms with van der Waals surface area (Å²) in [6, 6.07) is 8.51. The van der Waals surface area contributed by atoms with Gasteiger partial charge in [-0.3, -0.25) is 4.99 Å². The quantitative estimate of drug-likeness (QED) is 0.453. The molecule has 0 saturated heterocycles. The van der Waals surface area contributed by atoms with Gasteiger partial charge in [-0.25, -0.2) is 8.42 Å². The molecule has 0 fully saturated rings. The minimum Gasteiger partial charge on any atom is -0.378 e. The van der Waals surface area contributed by atoms with Gasteiger partial charge >= 0.3 is 0 Å². The van der Waals surface area contributed by atoms with E-state index >= 15 is 0 Å². The predicted octanol–water partition coefficient (Wildman–Crippen LogP) is 2.47. The van der Waals surface area contributed by atoms with E-state index in [9.17, 15) is 8.42 Å². The molecular formula is C19H33N3O3S. The van der Waals surface area contributed by atoms with Gasteiger partial charge in [0.1, 0.15) is 0 Å². The SMILES string of the molecule is CCNC(=NCCC(OCC)C(C)C)NCCS(=O)(=O)c1ccccc1. The van der Waals surface area contributed by atoms with Gasteiger partial charge in [0.15, 0.2) is 15.8 Å². The van der Waals surface area contributed by atoms with Crippen LogP contribution in [-0.2, 0) is 14.6 Å². The number of hydrogen-bond acceptors (Lipinski definition) is 4. The molecule has 0 aliphatic heterocycles. The molecule has 0 aliphatic carbocycles. The molecule has 0 saturated carbocycles. The van der Waals surface area contributed by atoms with Crippen molar-refractivity contribution in [2.75, 3.05) is 32.0 Å². The molecule has 1 atom stereocenters. The zero-order valence-electron chi connectivity index (χ0n) is 16.4. The normalized spacial score (nSPS) is 13.7. The summed E-state index contributed by atoms with van der Waals surface area (Å²) in [5, 5.41) is 6.25. The summed E-state index contributed by atoms with van der Waals surface area (Å²) in [6.07, 6.45) is 1.02. The highest BCUT2D eigenvalue weighted by atomic mass is 32.2. The molecule has 0 aliphatic rings. The van der Waals surface area contributed by atoms with Gasteiger partial charge in [0.05, 0.1) is 16.8 Å². The fraction of sp³-hybridized carbons (Fsp3) is 0.632. The van der Waals surface area contributed by atoms with Crippen LogP contribution in [0.1, 0.15) is 34.1 Å². The standard InChI is InChI=1S/C19H33N3O3S/c1-5-20-19(21-13-12-18(16(3)4)25-6-2)22-14-15-26(23,24)17-10-8-7-9-11-17/h7-11,16,18H,5-6,12-15H2,1-4H3,(H2,20,21,22). The number of hydrogen-bond donors (Lipinski definition) is 2. The molecule has 7 heteroatoms. The minimum absolute atomic E-state index is 0.0228. The van der Waals surface area contributed by atoms with Crippen LogP contribution in [0, 0.1) is 5.92 Å². The molecule has 0 heterocycles. The Hall–Kier alpha value is -1.60. The zero-order valence-corrected chi connectivity index (χ0v) is 17.2. The van der Waals surface area contributed by atoms with Crippen molar-refractivity contribution < 1.29 is 13.2 Å². The zero-order chi connectivity index (χ0) is 19.4. The fourth-order valence-corrected chi connectivity index (χ4v) is 3.70. The van der Waals surface area contributed by atoms with Gasteiger partial charge in [-0.1, -0.05) is 32.0 Å². The van der Waals surface area contributed by atoms with Gasteiger partial charge in [0, 0.05) is 26.2 Å². The molecule has 0 amide bonds. The van der Waals surface area contributed by atoms with E-state index in [-0.39, 0.29) is 11.9 Å². The van der Waals surface area contributed by atoms with Crippen LogP contribution in [0.25, 0.3) is 0 Å². The van der Waals surface area contributed by atoms with E-state index < -0.39 is 9.84 Å². The number of rotatable bonds is 11. The van der Waals surface area contributed by atoms with Crippen LogP contribution in [0.15, 0.2) is 40.2 Å². The van der Waals surface area contributed by atoms with Crippen LogP contribution in [0.2, 0.25) is 0 Å². The number of guanidine groups is 1. The lowest BCUT2D eigenvalue weighted by Gasteiger charge is -2.20. The average Bonchev–Trinajstić information content (AvgIpc) is 2.61. The maximum Gasteiger partial charge on any atom is 0.191 e. The summed E-state index contributed by atoms with van der Waals surface area (Å²) in [5.74, 6) is 1.10. The topological polar surface area (TPSA) is 79.8 Å². The van der Waals surface area contributed by atoms with Crippen LogP contribution < -0.4 is 10.6 Å². The molecule has 0 radical (unpaired) electrons. The lowest BCUT2D eigenvalue weighted by atomic mass is 10.0.